The number of carbonyl (C=O) groups is 2. The monoisotopic (exact) mass is 420 g/mol. The molecule has 0 radical (unpaired) electrons. The number of carbonyl (C=O) groups excluding carboxylic acids is 2. The lowest BCUT2D eigenvalue weighted by atomic mass is 10.1. The summed E-state index contributed by atoms with van der Waals surface area (Å²) in [6.07, 6.45) is 0. The maximum absolute atomic E-state index is 13.3. The highest BCUT2D eigenvalue weighted by Crippen LogP contribution is 2.41. The Bertz CT molecular complexity index is 1180. The van der Waals surface area contributed by atoms with Gasteiger partial charge >= 0.3 is 0 Å². The highest BCUT2D eigenvalue weighted by Gasteiger charge is 2.40. The quantitative estimate of drug-likeness (QED) is 0.336. The van der Waals surface area contributed by atoms with Gasteiger partial charge in [-0.05, 0) is 54.1 Å². The highest BCUT2D eigenvalue weighted by molar-refractivity contribution is 8.04. The molecule has 0 N–H and O–H groups in total. The molecule has 0 spiro atoms. The summed E-state index contributed by atoms with van der Waals surface area (Å²) in [5.41, 5.74) is 0.660. The lowest BCUT2D eigenvalue weighted by Crippen LogP contribution is -2.31. The number of rotatable bonds is 5. The molecule has 2 amide bonds. The molecule has 0 bridgehead atoms. The van der Waals surface area contributed by atoms with Gasteiger partial charge in [0.2, 0.25) is 0 Å². The molecule has 1 aliphatic rings. The van der Waals surface area contributed by atoms with E-state index in [-0.39, 0.29) is 21.9 Å². The predicted molar refractivity (Wildman–Crippen MR) is 111 cm³/mol. The largest absolute Gasteiger partial charge is 0.272 e. The zero-order chi connectivity index (χ0) is 21.3. The predicted octanol–water partition coefficient (Wildman–Crippen LogP) is 4.81. The van der Waals surface area contributed by atoms with E-state index in [0.717, 1.165) is 21.6 Å². The van der Waals surface area contributed by atoms with Crippen LogP contribution in [0.4, 0.5) is 15.8 Å². The second-order valence-corrected chi connectivity index (χ2v) is 7.43. The zero-order valence-corrected chi connectivity index (χ0v) is 16.1. The van der Waals surface area contributed by atoms with Crippen LogP contribution in [0.25, 0.3) is 5.57 Å². The average molecular weight is 420 g/mol. The second kappa shape index (κ2) is 7.92. The molecule has 3 aromatic carbocycles. The van der Waals surface area contributed by atoms with E-state index in [1.807, 2.05) is 30.3 Å². The van der Waals surface area contributed by atoms with Crippen LogP contribution < -0.4 is 4.90 Å². The zero-order valence-electron chi connectivity index (χ0n) is 15.3. The van der Waals surface area contributed by atoms with Crippen LogP contribution in [-0.4, -0.2) is 16.7 Å². The molecule has 0 fully saturated rings. The van der Waals surface area contributed by atoms with Crippen LogP contribution in [0, 0.1) is 15.9 Å². The number of thioether (sulfide) groups is 1. The van der Waals surface area contributed by atoms with Gasteiger partial charge in [-0.25, -0.2) is 9.29 Å². The average Bonchev–Trinajstić information content (AvgIpc) is 2.99. The van der Waals surface area contributed by atoms with Crippen LogP contribution in [0.3, 0.4) is 0 Å². The number of imide groups is 1. The fourth-order valence-electron chi connectivity index (χ4n) is 3.04. The van der Waals surface area contributed by atoms with Crippen molar-refractivity contribution in [2.45, 2.75) is 4.90 Å². The first-order chi connectivity index (χ1) is 14.5. The summed E-state index contributed by atoms with van der Waals surface area (Å²) < 4.78 is 13.3. The lowest BCUT2D eigenvalue weighted by molar-refractivity contribution is -0.384. The molecule has 6 nitrogen and oxygen atoms in total. The van der Waals surface area contributed by atoms with Gasteiger partial charge in [-0.1, -0.05) is 30.0 Å². The van der Waals surface area contributed by atoms with Gasteiger partial charge in [0, 0.05) is 17.0 Å². The van der Waals surface area contributed by atoms with E-state index in [1.54, 1.807) is 0 Å². The number of nitrogens with zero attached hydrogens (tertiary/aromatic N) is 2. The number of hydrogen-bond acceptors (Lipinski definition) is 5. The molecule has 0 aliphatic carbocycles. The number of benzene rings is 3. The van der Waals surface area contributed by atoms with Gasteiger partial charge in [-0.15, -0.1) is 0 Å². The van der Waals surface area contributed by atoms with Crippen LogP contribution in [0.2, 0.25) is 0 Å². The van der Waals surface area contributed by atoms with E-state index in [0.29, 0.717) is 5.56 Å². The maximum Gasteiger partial charge on any atom is 0.272 e. The number of anilines is 1. The molecular formula is C22H13FN2O4S. The lowest BCUT2D eigenvalue weighted by Gasteiger charge is -2.15. The van der Waals surface area contributed by atoms with Crippen molar-refractivity contribution in [3.8, 4) is 0 Å². The van der Waals surface area contributed by atoms with Gasteiger partial charge in [0.15, 0.2) is 0 Å². The summed E-state index contributed by atoms with van der Waals surface area (Å²) in [4.78, 5) is 38.8. The fourth-order valence-corrected chi connectivity index (χ4v) is 4.05. The minimum Gasteiger partial charge on any atom is -0.268 e. The summed E-state index contributed by atoms with van der Waals surface area (Å²) in [7, 11) is 0. The van der Waals surface area contributed by atoms with Crippen molar-refractivity contribution < 1.29 is 18.9 Å². The minimum atomic E-state index is -0.570. The van der Waals surface area contributed by atoms with Crippen LogP contribution in [0.1, 0.15) is 5.56 Å². The standard InChI is InChI=1S/C22H13FN2O4S/c23-15-8-12-16(13-9-15)24-21(26)19(14-6-10-17(11-7-14)25(28)29)20(22(24)27)30-18-4-2-1-3-5-18/h1-13H. The number of halogens is 1. The van der Waals surface area contributed by atoms with Crippen molar-refractivity contribution in [1.82, 2.24) is 0 Å². The molecule has 0 aromatic heterocycles. The van der Waals surface area contributed by atoms with Crippen LogP contribution in [0.5, 0.6) is 0 Å². The van der Waals surface area contributed by atoms with Gasteiger partial charge in [-0.2, -0.15) is 0 Å². The maximum atomic E-state index is 13.3. The van der Waals surface area contributed by atoms with E-state index in [4.69, 9.17) is 0 Å². The third-order valence-corrected chi connectivity index (χ3v) is 5.55. The summed E-state index contributed by atoms with van der Waals surface area (Å²) in [5.74, 6) is -1.59. The van der Waals surface area contributed by atoms with Gasteiger partial charge in [0.1, 0.15) is 5.82 Å². The molecule has 1 heterocycles. The summed E-state index contributed by atoms with van der Waals surface area (Å²) in [6.45, 7) is 0. The van der Waals surface area contributed by atoms with Gasteiger partial charge < -0.3 is 0 Å². The van der Waals surface area contributed by atoms with E-state index < -0.39 is 22.6 Å². The first kappa shape index (κ1) is 19.5. The Kier molecular flexibility index (Phi) is 5.16. The number of hydrogen-bond donors (Lipinski definition) is 0. The Morgan fingerprint density at radius 2 is 1.47 bits per heavy atom. The molecule has 0 atom stereocenters. The van der Waals surface area contributed by atoms with Crippen LogP contribution in [-0.2, 0) is 9.59 Å². The van der Waals surface area contributed by atoms with Gasteiger partial charge in [0.05, 0.1) is 21.1 Å². The number of amides is 2. The third-order valence-electron chi connectivity index (χ3n) is 4.46. The Morgan fingerprint density at radius 1 is 0.833 bits per heavy atom. The smallest absolute Gasteiger partial charge is 0.268 e. The first-order valence-electron chi connectivity index (χ1n) is 8.82. The van der Waals surface area contributed by atoms with Crippen molar-refractivity contribution in [3.63, 3.8) is 0 Å². The first-order valence-corrected chi connectivity index (χ1v) is 9.63. The number of nitro groups is 1. The van der Waals surface area contributed by atoms with E-state index in [2.05, 4.69) is 0 Å². The molecule has 30 heavy (non-hydrogen) atoms. The summed E-state index contributed by atoms with van der Waals surface area (Å²) >= 11 is 1.14. The van der Waals surface area contributed by atoms with Crippen LogP contribution in [0.15, 0.2) is 88.7 Å². The Labute approximate surface area is 174 Å². The summed E-state index contributed by atoms with van der Waals surface area (Å²) in [6, 6.07) is 19.6. The van der Waals surface area contributed by atoms with Crippen LogP contribution >= 0.6 is 11.8 Å². The van der Waals surface area contributed by atoms with Crippen molar-refractivity contribution >= 4 is 40.5 Å². The molecule has 0 unspecified atom stereocenters. The molecular weight excluding hydrogens is 407 g/mol. The second-order valence-electron chi connectivity index (χ2n) is 6.35. The molecule has 4 rings (SSSR count). The molecule has 1 aliphatic heterocycles. The fraction of sp³-hybridized carbons (Fsp3) is 0. The summed E-state index contributed by atoms with van der Waals surface area (Å²) in [5, 5.41) is 10.9. The highest BCUT2D eigenvalue weighted by atomic mass is 32.2. The SMILES string of the molecule is O=C1C(Sc2ccccc2)=C(c2ccc([N+](=O)[O-])cc2)C(=O)N1c1ccc(F)cc1. The van der Waals surface area contributed by atoms with Crippen molar-refractivity contribution in [3.05, 3.63) is 105 Å². The topological polar surface area (TPSA) is 80.5 Å². The molecule has 148 valence electrons. The van der Waals surface area contributed by atoms with Gasteiger partial charge in [-0.3, -0.25) is 19.7 Å². The third kappa shape index (κ3) is 3.60. The molecule has 8 heteroatoms. The Balaban J connectivity index is 1.81. The van der Waals surface area contributed by atoms with E-state index in [1.165, 1.54) is 48.5 Å². The number of non-ortho nitro benzene ring substituents is 1. The number of nitro benzene ring substituents is 1. The van der Waals surface area contributed by atoms with Gasteiger partial charge in [0.25, 0.3) is 17.5 Å². The molecule has 0 saturated carbocycles. The van der Waals surface area contributed by atoms with E-state index >= 15 is 0 Å². The molecule has 0 saturated heterocycles. The Hall–Kier alpha value is -3.78. The normalized spacial score (nSPS) is 13.8. The Morgan fingerprint density at radius 3 is 2.07 bits per heavy atom. The van der Waals surface area contributed by atoms with Crippen molar-refractivity contribution in [2.75, 3.05) is 4.90 Å². The minimum absolute atomic E-state index is 0.122. The van der Waals surface area contributed by atoms with Crippen molar-refractivity contribution in [2.24, 2.45) is 0 Å². The molecule has 3 aromatic rings. The van der Waals surface area contributed by atoms with Crippen molar-refractivity contribution in [1.29, 1.82) is 0 Å². The van der Waals surface area contributed by atoms with E-state index in [9.17, 15) is 24.1 Å².